The summed E-state index contributed by atoms with van der Waals surface area (Å²) in [5, 5.41) is 11.2. The van der Waals surface area contributed by atoms with Crippen molar-refractivity contribution in [1.82, 2.24) is 5.32 Å². The van der Waals surface area contributed by atoms with Crippen molar-refractivity contribution in [2.24, 2.45) is 5.90 Å². The van der Waals surface area contributed by atoms with Gasteiger partial charge in [-0.25, -0.2) is 5.90 Å². The van der Waals surface area contributed by atoms with Crippen molar-refractivity contribution in [3.63, 3.8) is 0 Å². The summed E-state index contributed by atoms with van der Waals surface area (Å²) in [4.78, 5) is 4.45. The molecular formula is C5H14N2O2. The van der Waals surface area contributed by atoms with E-state index >= 15 is 0 Å². The molecule has 0 amide bonds. The second kappa shape index (κ2) is 5.97. The second-order valence-corrected chi connectivity index (χ2v) is 1.87. The Bertz CT molecular complexity index is 60.9. The lowest BCUT2D eigenvalue weighted by atomic mass is 10.4. The van der Waals surface area contributed by atoms with Crippen LogP contribution in [0.4, 0.5) is 0 Å². The molecule has 0 aromatic heterocycles. The van der Waals surface area contributed by atoms with Crippen LogP contribution in [0.2, 0.25) is 0 Å². The number of rotatable bonds is 5. The van der Waals surface area contributed by atoms with E-state index in [1.807, 2.05) is 6.92 Å². The number of hydrogen-bond donors (Lipinski definition) is 3. The van der Waals surface area contributed by atoms with Gasteiger partial charge in [-0.2, -0.15) is 0 Å². The van der Waals surface area contributed by atoms with Crippen LogP contribution in [-0.2, 0) is 4.84 Å². The van der Waals surface area contributed by atoms with E-state index in [9.17, 15) is 0 Å². The maximum atomic E-state index is 8.32. The third kappa shape index (κ3) is 5.72. The van der Waals surface area contributed by atoms with Crippen LogP contribution in [0.1, 0.15) is 6.92 Å². The van der Waals surface area contributed by atoms with E-state index in [0.29, 0.717) is 13.1 Å². The van der Waals surface area contributed by atoms with Gasteiger partial charge in [0.1, 0.15) is 0 Å². The van der Waals surface area contributed by atoms with Gasteiger partial charge < -0.3 is 15.3 Å². The molecule has 56 valence electrons. The molecule has 0 aliphatic heterocycles. The first-order valence-electron chi connectivity index (χ1n) is 2.98. The number of aliphatic hydroxyl groups excluding tert-OH is 1. The minimum Gasteiger partial charge on any atom is -0.395 e. The highest BCUT2D eigenvalue weighted by atomic mass is 16.6. The lowest BCUT2D eigenvalue weighted by Gasteiger charge is -2.07. The standard InChI is InChI=1S/C5H14N2O2/c1-5(9-6)4-7-2-3-8/h5,7-8H,2-4,6H2,1H3. The smallest absolute Gasteiger partial charge is 0.0883 e. The fourth-order valence-electron chi connectivity index (χ4n) is 0.432. The van der Waals surface area contributed by atoms with Crippen molar-refractivity contribution >= 4 is 0 Å². The Hall–Kier alpha value is -0.160. The SMILES string of the molecule is CC(CNCCO)ON. The highest BCUT2D eigenvalue weighted by molar-refractivity contribution is 4.52. The van der Waals surface area contributed by atoms with Crippen LogP contribution in [0.25, 0.3) is 0 Å². The van der Waals surface area contributed by atoms with Crippen LogP contribution in [0.15, 0.2) is 0 Å². The molecule has 9 heavy (non-hydrogen) atoms. The van der Waals surface area contributed by atoms with Crippen LogP contribution in [0, 0.1) is 0 Å². The Morgan fingerprint density at radius 1 is 1.78 bits per heavy atom. The minimum absolute atomic E-state index is 0.0107. The van der Waals surface area contributed by atoms with Crippen LogP contribution in [-0.4, -0.2) is 30.9 Å². The molecule has 0 heterocycles. The third-order valence-electron chi connectivity index (χ3n) is 0.953. The van der Waals surface area contributed by atoms with E-state index in [1.165, 1.54) is 0 Å². The van der Waals surface area contributed by atoms with Crippen molar-refractivity contribution in [3.8, 4) is 0 Å². The molecule has 0 bridgehead atoms. The molecule has 1 unspecified atom stereocenters. The normalized spacial score (nSPS) is 13.7. The van der Waals surface area contributed by atoms with Crippen LogP contribution in [0.3, 0.4) is 0 Å². The number of nitrogens with two attached hydrogens (primary N) is 1. The van der Waals surface area contributed by atoms with Gasteiger partial charge >= 0.3 is 0 Å². The minimum atomic E-state index is 0.0107. The quantitative estimate of drug-likeness (QED) is 0.328. The average molecular weight is 134 g/mol. The molecule has 0 fully saturated rings. The maximum Gasteiger partial charge on any atom is 0.0883 e. The third-order valence-corrected chi connectivity index (χ3v) is 0.953. The summed E-state index contributed by atoms with van der Waals surface area (Å²) in [6.07, 6.45) is 0.0107. The van der Waals surface area contributed by atoms with Crippen molar-refractivity contribution in [1.29, 1.82) is 0 Å². The van der Waals surface area contributed by atoms with E-state index in [4.69, 9.17) is 11.0 Å². The monoisotopic (exact) mass is 134 g/mol. The Morgan fingerprint density at radius 2 is 2.44 bits per heavy atom. The van der Waals surface area contributed by atoms with Gasteiger partial charge in [-0.1, -0.05) is 0 Å². The van der Waals surface area contributed by atoms with E-state index in [1.54, 1.807) is 0 Å². The summed E-state index contributed by atoms with van der Waals surface area (Å²) in [6.45, 7) is 3.27. The largest absolute Gasteiger partial charge is 0.395 e. The zero-order chi connectivity index (χ0) is 7.11. The van der Waals surface area contributed by atoms with Crippen molar-refractivity contribution in [2.75, 3.05) is 19.7 Å². The van der Waals surface area contributed by atoms with Gasteiger partial charge in [0.2, 0.25) is 0 Å². The maximum absolute atomic E-state index is 8.32. The fraction of sp³-hybridized carbons (Fsp3) is 1.00. The topological polar surface area (TPSA) is 67.5 Å². The van der Waals surface area contributed by atoms with Gasteiger partial charge in [0, 0.05) is 13.1 Å². The summed E-state index contributed by atoms with van der Waals surface area (Å²) in [5.41, 5.74) is 0. The zero-order valence-electron chi connectivity index (χ0n) is 5.63. The number of aliphatic hydroxyl groups is 1. The van der Waals surface area contributed by atoms with Crippen molar-refractivity contribution < 1.29 is 9.94 Å². The summed E-state index contributed by atoms with van der Waals surface area (Å²) in [6, 6.07) is 0. The van der Waals surface area contributed by atoms with Gasteiger partial charge in [-0.3, -0.25) is 0 Å². The predicted molar refractivity (Wildman–Crippen MR) is 34.7 cm³/mol. The molecule has 0 saturated heterocycles. The molecular weight excluding hydrogens is 120 g/mol. The second-order valence-electron chi connectivity index (χ2n) is 1.87. The lowest BCUT2D eigenvalue weighted by Crippen LogP contribution is -2.30. The zero-order valence-corrected chi connectivity index (χ0v) is 5.63. The van der Waals surface area contributed by atoms with Crippen LogP contribution >= 0.6 is 0 Å². The summed E-state index contributed by atoms with van der Waals surface area (Å²) in [7, 11) is 0. The van der Waals surface area contributed by atoms with Crippen LogP contribution in [0.5, 0.6) is 0 Å². The molecule has 0 radical (unpaired) electrons. The Kier molecular flexibility index (Phi) is 5.86. The Morgan fingerprint density at radius 3 is 2.89 bits per heavy atom. The summed E-state index contributed by atoms with van der Waals surface area (Å²) >= 11 is 0. The first-order chi connectivity index (χ1) is 4.31. The van der Waals surface area contributed by atoms with Gasteiger partial charge in [-0.15, -0.1) is 0 Å². The summed E-state index contributed by atoms with van der Waals surface area (Å²) < 4.78 is 0. The van der Waals surface area contributed by atoms with Gasteiger partial charge in [0.15, 0.2) is 0 Å². The van der Waals surface area contributed by atoms with E-state index in [2.05, 4.69) is 10.2 Å². The van der Waals surface area contributed by atoms with Gasteiger partial charge in [0.25, 0.3) is 0 Å². The molecule has 4 heteroatoms. The first-order valence-corrected chi connectivity index (χ1v) is 2.98. The van der Waals surface area contributed by atoms with E-state index < -0.39 is 0 Å². The summed E-state index contributed by atoms with van der Waals surface area (Å²) in [5.74, 6) is 4.85. The average Bonchev–Trinajstić information content (AvgIpc) is 1.89. The molecule has 4 nitrogen and oxygen atoms in total. The molecule has 0 saturated carbocycles. The molecule has 0 aliphatic rings. The van der Waals surface area contributed by atoms with E-state index in [0.717, 1.165) is 0 Å². The molecule has 0 spiro atoms. The Balaban J connectivity index is 2.88. The van der Waals surface area contributed by atoms with Crippen molar-refractivity contribution in [2.45, 2.75) is 13.0 Å². The fourth-order valence-corrected chi connectivity index (χ4v) is 0.432. The number of nitrogens with one attached hydrogen (secondary N) is 1. The first kappa shape index (κ1) is 8.84. The molecule has 0 aromatic carbocycles. The Labute approximate surface area is 55.0 Å². The van der Waals surface area contributed by atoms with Crippen molar-refractivity contribution in [3.05, 3.63) is 0 Å². The molecule has 4 N–H and O–H groups in total. The molecule has 1 atom stereocenters. The molecule has 0 rings (SSSR count). The van der Waals surface area contributed by atoms with Gasteiger partial charge in [0.05, 0.1) is 12.7 Å². The van der Waals surface area contributed by atoms with Gasteiger partial charge in [-0.05, 0) is 6.92 Å². The highest BCUT2D eigenvalue weighted by Gasteiger charge is 1.96. The molecule has 0 aliphatic carbocycles. The lowest BCUT2D eigenvalue weighted by molar-refractivity contribution is 0.0658. The van der Waals surface area contributed by atoms with E-state index in [-0.39, 0.29) is 12.7 Å². The number of hydrogen-bond acceptors (Lipinski definition) is 4. The highest BCUT2D eigenvalue weighted by Crippen LogP contribution is 1.79. The predicted octanol–water partition coefficient (Wildman–Crippen LogP) is -1.15. The van der Waals surface area contributed by atoms with Crippen LogP contribution < -0.4 is 11.2 Å². The molecule has 0 aromatic rings.